The molecule has 216 valence electrons. The Morgan fingerprint density at radius 3 is 0.639 bits per heavy atom. The number of unbranched alkanes of at least 4 members (excludes halogenated alkanes) is 30. The minimum absolute atomic E-state index is 1.30. The molecule has 0 aliphatic heterocycles. The summed E-state index contributed by atoms with van der Waals surface area (Å²) in [6, 6.07) is 0. The molecule has 0 aromatic carbocycles. The highest BCUT2D eigenvalue weighted by Gasteiger charge is 1.96. The summed E-state index contributed by atoms with van der Waals surface area (Å²) in [6.07, 6.45) is 51.4. The van der Waals surface area contributed by atoms with Crippen molar-refractivity contribution in [2.24, 2.45) is 0 Å². The van der Waals surface area contributed by atoms with Gasteiger partial charge in [0.15, 0.2) is 0 Å². The maximum Gasteiger partial charge on any atom is -0.0351 e. The average molecular weight is 505 g/mol. The van der Waals surface area contributed by atoms with E-state index in [0.29, 0.717) is 0 Å². The van der Waals surface area contributed by atoms with Crippen LogP contribution in [-0.2, 0) is 0 Å². The molecule has 0 N–H and O–H groups in total. The lowest BCUT2D eigenvalue weighted by Gasteiger charge is -2.04. The van der Waals surface area contributed by atoms with Crippen molar-refractivity contribution in [3.05, 3.63) is 12.2 Å². The molecule has 0 nitrogen and oxygen atoms in total. The molecule has 0 bridgehead atoms. The van der Waals surface area contributed by atoms with E-state index in [1.54, 1.807) is 0 Å². The third-order valence-corrected chi connectivity index (χ3v) is 8.12. The Bertz CT molecular complexity index is 381. The summed E-state index contributed by atoms with van der Waals surface area (Å²) in [7, 11) is 0. The highest BCUT2D eigenvalue weighted by atomic mass is 14.0. The van der Waals surface area contributed by atoms with E-state index in [1.165, 1.54) is 205 Å². The molecule has 0 saturated carbocycles. The van der Waals surface area contributed by atoms with Crippen LogP contribution in [0.3, 0.4) is 0 Å². The zero-order valence-electron chi connectivity index (χ0n) is 25.8. The van der Waals surface area contributed by atoms with Crippen LogP contribution in [0.15, 0.2) is 12.2 Å². The molecule has 0 heterocycles. The van der Waals surface area contributed by atoms with Gasteiger partial charge in [-0.1, -0.05) is 206 Å². The van der Waals surface area contributed by atoms with Crippen LogP contribution in [0, 0.1) is 0 Å². The lowest BCUT2D eigenvalue weighted by atomic mass is 10.0. The standard InChI is InChI=1S/C36H72/c1-3-5-7-9-11-13-15-17-19-21-23-25-27-29-31-33-35-36-34-32-30-28-26-24-22-20-18-16-14-12-10-8-6-4-2/h11,13H,3-10,12,14-36H2,1-2H3. The zero-order chi connectivity index (χ0) is 26.0. The second-order valence-electron chi connectivity index (χ2n) is 11.9. The van der Waals surface area contributed by atoms with Gasteiger partial charge in [-0.3, -0.25) is 0 Å². The number of hydrogen-bond donors (Lipinski definition) is 0. The fourth-order valence-electron chi connectivity index (χ4n) is 5.50. The van der Waals surface area contributed by atoms with E-state index in [0.717, 1.165) is 0 Å². The summed E-state index contributed by atoms with van der Waals surface area (Å²) in [5.74, 6) is 0. The van der Waals surface area contributed by atoms with Gasteiger partial charge in [-0.25, -0.2) is 0 Å². The first-order valence-corrected chi connectivity index (χ1v) is 17.6. The summed E-state index contributed by atoms with van der Waals surface area (Å²) in [4.78, 5) is 0. The molecular weight excluding hydrogens is 432 g/mol. The molecule has 0 spiro atoms. The van der Waals surface area contributed by atoms with Crippen LogP contribution in [0.4, 0.5) is 0 Å². The molecule has 0 aliphatic rings. The van der Waals surface area contributed by atoms with Crippen LogP contribution in [0.25, 0.3) is 0 Å². The van der Waals surface area contributed by atoms with Gasteiger partial charge in [-0.15, -0.1) is 0 Å². The Kier molecular flexibility index (Phi) is 34.5. The molecule has 0 aromatic rings. The molecule has 0 saturated heterocycles. The second-order valence-corrected chi connectivity index (χ2v) is 11.9. The van der Waals surface area contributed by atoms with Crippen LogP contribution in [0.2, 0.25) is 0 Å². The van der Waals surface area contributed by atoms with Crippen LogP contribution >= 0.6 is 0 Å². The first-order chi connectivity index (χ1) is 17.9. The van der Waals surface area contributed by atoms with Gasteiger partial charge in [-0.05, 0) is 25.7 Å². The van der Waals surface area contributed by atoms with E-state index in [1.807, 2.05) is 0 Å². The van der Waals surface area contributed by atoms with Gasteiger partial charge < -0.3 is 0 Å². The van der Waals surface area contributed by atoms with Gasteiger partial charge in [0, 0.05) is 0 Å². The lowest BCUT2D eigenvalue weighted by Crippen LogP contribution is -1.85. The van der Waals surface area contributed by atoms with E-state index >= 15 is 0 Å². The van der Waals surface area contributed by atoms with Crippen molar-refractivity contribution in [3.8, 4) is 0 Å². The normalized spacial score (nSPS) is 11.7. The molecule has 0 radical (unpaired) electrons. The third-order valence-electron chi connectivity index (χ3n) is 8.12. The Hall–Kier alpha value is -0.260. The van der Waals surface area contributed by atoms with E-state index in [-0.39, 0.29) is 0 Å². The predicted octanol–water partition coefficient (Wildman–Crippen LogP) is 14.1. The maximum absolute atomic E-state index is 2.43. The van der Waals surface area contributed by atoms with Crippen LogP contribution in [-0.4, -0.2) is 0 Å². The maximum atomic E-state index is 2.43. The zero-order valence-corrected chi connectivity index (χ0v) is 25.8. The Labute approximate surface area is 231 Å². The third kappa shape index (κ3) is 33.7. The van der Waals surface area contributed by atoms with Gasteiger partial charge in [-0.2, -0.15) is 0 Å². The fraction of sp³-hybridized carbons (Fsp3) is 0.944. The van der Waals surface area contributed by atoms with E-state index < -0.39 is 0 Å². The molecular formula is C36H72. The van der Waals surface area contributed by atoms with E-state index in [4.69, 9.17) is 0 Å². The molecule has 0 atom stereocenters. The molecule has 0 unspecified atom stereocenters. The van der Waals surface area contributed by atoms with Crippen molar-refractivity contribution in [2.45, 2.75) is 219 Å². The van der Waals surface area contributed by atoms with Crippen LogP contribution in [0.1, 0.15) is 219 Å². The van der Waals surface area contributed by atoms with Gasteiger partial charge in [0.2, 0.25) is 0 Å². The van der Waals surface area contributed by atoms with Crippen molar-refractivity contribution in [3.63, 3.8) is 0 Å². The van der Waals surface area contributed by atoms with Crippen LogP contribution in [0.5, 0.6) is 0 Å². The number of hydrogen-bond acceptors (Lipinski definition) is 0. The fourth-order valence-corrected chi connectivity index (χ4v) is 5.50. The lowest BCUT2D eigenvalue weighted by molar-refractivity contribution is 0.515. The van der Waals surface area contributed by atoms with Crippen molar-refractivity contribution in [1.29, 1.82) is 0 Å². The van der Waals surface area contributed by atoms with Crippen molar-refractivity contribution in [1.82, 2.24) is 0 Å². The summed E-state index contributed by atoms with van der Waals surface area (Å²) in [5, 5.41) is 0. The SMILES string of the molecule is CCCCCC=CCCCCCCCCCCCCCCCCCCCCCCCCCCCCC. The van der Waals surface area contributed by atoms with Gasteiger partial charge in [0.05, 0.1) is 0 Å². The van der Waals surface area contributed by atoms with Gasteiger partial charge in [0.25, 0.3) is 0 Å². The Morgan fingerprint density at radius 1 is 0.222 bits per heavy atom. The largest absolute Gasteiger partial charge is 0.0885 e. The highest BCUT2D eigenvalue weighted by molar-refractivity contribution is 4.81. The smallest absolute Gasteiger partial charge is 0.0351 e. The first kappa shape index (κ1) is 35.7. The molecule has 36 heavy (non-hydrogen) atoms. The molecule has 0 fully saturated rings. The summed E-state index contributed by atoms with van der Waals surface area (Å²) in [5.41, 5.74) is 0. The first-order valence-electron chi connectivity index (χ1n) is 17.6. The average Bonchev–Trinajstić information content (AvgIpc) is 2.89. The summed E-state index contributed by atoms with van der Waals surface area (Å²) >= 11 is 0. The Morgan fingerprint density at radius 2 is 0.389 bits per heavy atom. The van der Waals surface area contributed by atoms with E-state index in [2.05, 4.69) is 26.0 Å². The molecule has 0 heteroatoms. The Balaban J connectivity index is 3.03. The van der Waals surface area contributed by atoms with Crippen molar-refractivity contribution >= 4 is 0 Å². The molecule has 0 aliphatic carbocycles. The van der Waals surface area contributed by atoms with Gasteiger partial charge >= 0.3 is 0 Å². The molecule has 0 amide bonds. The second kappa shape index (κ2) is 34.7. The summed E-state index contributed by atoms with van der Waals surface area (Å²) < 4.78 is 0. The van der Waals surface area contributed by atoms with Gasteiger partial charge in [0.1, 0.15) is 0 Å². The molecule has 0 aromatic heterocycles. The van der Waals surface area contributed by atoms with Crippen LogP contribution < -0.4 is 0 Å². The predicted molar refractivity (Wildman–Crippen MR) is 168 cm³/mol. The van der Waals surface area contributed by atoms with Crippen molar-refractivity contribution < 1.29 is 0 Å². The van der Waals surface area contributed by atoms with Crippen molar-refractivity contribution in [2.75, 3.05) is 0 Å². The summed E-state index contributed by atoms with van der Waals surface area (Å²) in [6.45, 7) is 4.59. The monoisotopic (exact) mass is 505 g/mol. The highest BCUT2D eigenvalue weighted by Crippen LogP contribution is 2.16. The quantitative estimate of drug-likeness (QED) is 0.0631. The minimum atomic E-state index is 1.30. The number of rotatable bonds is 32. The number of allylic oxidation sites excluding steroid dienone is 2. The molecule has 0 rings (SSSR count). The minimum Gasteiger partial charge on any atom is -0.0885 e. The topological polar surface area (TPSA) is 0 Å². The van der Waals surface area contributed by atoms with E-state index in [9.17, 15) is 0 Å².